The summed E-state index contributed by atoms with van der Waals surface area (Å²) in [6, 6.07) is 0. The van der Waals surface area contributed by atoms with Crippen LogP contribution in [0.1, 0.15) is 13.2 Å². The third kappa shape index (κ3) is 2.90. The molecule has 0 spiro atoms. The molecule has 10 heteroatoms. The summed E-state index contributed by atoms with van der Waals surface area (Å²) in [5, 5.41) is 19.6. The van der Waals surface area contributed by atoms with E-state index in [1.54, 1.807) is 5.92 Å². The van der Waals surface area contributed by atoms with Gasteiger partial charge in [0.05, 0.1) is 12.3 Å². The summed E-state index contributed by atoms with van der Waals surface area (Å²) in [6.07, 6.45) is -6.20. The Balaban J connectivity index is 2.58. The molecular formula is C13H14F3N3O4. The SMILES string of the molecule is C[C@@H](O)[C@H]1O[C@@H](n2cc(F)c(N)nc2=O)[C@@](F)(C#CCF)C1O. The molecule has 23 heavy (non-hydrogen) atoms. The Morgan fingerprint density at radius 2 is 2.30 bits per heavy atom. The van der Waals surface area contributed by atoms with Crippen molar-refractivity contribution >= 4 is 5.82 Å². The molecule has 0 aliphatic carbocycles. The van der Waals surface area contributed by atoms with Crippen molar-refractivity contribution < 1.29 is 28.1 Å². The second-order valence-electron chi connectivity index (χ2n) is 5.01. The zero-order valence-electron chi connectivity index (χ0n) is 11.9. The summed E-state index contributed by atoms with van der Waals surface area (Å²) >= 11 is 0. The third-order valence-corrected chi connectivity index (χ3v) is 3.40. The molecule has 0 radical (unpaired) electrons. The number of hydrogen-bond acceptors (Lipinski definition) is 6. The van der Waals surface area contributed by atoms with Crippen molar-refractivity contribution in [3.05, 3.63) is 22.5 Å². The van der Waals surface area contributed by atoms with Crippen LogP contribution in [-0.2, 0) is 4.74 Å². The van der Waals surface area contributed by atoms with Crippen LogP contribution in [0.25, 0.3) is 0 Å². The first-order valence-corrected chi connectivity index (χ1v) is 6.53. The minimum atomic E-state index is -2.96. The lowest BCUT2D eigenvalue weighted by Crippen LogP contribution is -2.45. The average molecular weight is 333 g/mol. The van der Waals surface area contributed by atoms with Crippen molar-refractivity contribution in [2.24, 2.45) is 0 Å². The zero-order chi connectivity index (χ0) is 17.4. The Morgan fingerprint density at radius 3 is 2.87 bits per heavy atom. The van der Waals surface area contributed by atoms with Crippen LogP contribution in [0.2, 0.25) is 0 Å². The number of nitrogens with two attached hydrogens (primary N) is 1. The maximum absolute atomic E-state index is 15.1. The van der Waals surface area contributed by atoms with E-state index in [-0.39, 0.29) is 0 Å². The van der Waals surface area contributed by atoms with Crippen LogP contribution < -0.4 is 11.4 Å². The number of hydrogen-bond donors (Lipinski definition) is 3. The predicted molar refractivity (Wildman–Crippen MR) is 72.1 cm³/mol. The van der Waals surface area contributed by atoms with Gasteiger partial charge in [-0.2, -0.15) is 4.98 Å². The van der Waals surface area contributed by atoms with Gasteiger partial charge in [0.2, 0.25) is 5.67 Å². The van der Waals surface area contributed by atoms with E-state index in [0.717, 1.165) is 0 Å². The highest BCUT2D eigenvalue weighted by Gasteiger charge is 2.59. The number of nitrogen functional groups attached to an aromatic ring is 1. The fourth-order valence-electron chi connectivity index (χ4n) is 2.28. The van der Waals surface area contributed by atoms with Gasteiger partial charge in [-0.25, -0.2) is 18.0 Å². The molecule has 126 valence electrons. The monoisotopic (exact) mass is 333 g/mol. The molecule has 5 atom stereocenters. The summed E-state index contributed by atoms with van der Waals surface area (Å²) in [4.78, 5) is 15.0. The van der Waals surface area contributed by atoms with E-state index < -0.39 is 54.2 Å². The summed E-state index contributed by atoms with van der Waals surface area (Å²) < 4.78 is 46.4. The fourth-order valence-corrected chi connectivity index (χ4v) is 2.28. The van der Waals surface area contributed by atoms with Crippen LogP contribution in [0.15, 0.2) is 11.0 Å². The quantitative estimate of drug-likeness (QED) is 0.617. The molecule has 1 aliphatic heterocycles. The Kier molecular flexibility index (Phi) is 4.65. The normalized spacial score (nSPS) is 31.5. The van der Waals surface area contributed by atoms with Crippen molar-refractivity contribution in [1.29, 1.82) is 0 Å². The summed E-state index contributed by atoms with van der Waals surface area (Å²) in [5.41, 5.74) is 1.03. The molecule has 0 amide bonds. The highest BCUT2D eigenvalue weighted by Crippen LogP contribution is 2.41. The van der Waals surface area contributed by atoms with Crippen molar-refractivity contribution in [2.45, 2.75) is 37.1 Å². The lowest BCUT2D eigenvalue weighted by atomic mass is 9.94. The lowest BCUT2D eigenvalue weighted by Gasteiger charge is -2.24. The highest BCUT2D eigenvalue weighted by molar-refractivity contribution is 5.28. The van der Waals surface area contributed by atoms with Gasteiger partial charge in [-0.05, 0) is 6.92 Å². The molecule has 1 saturated heterocycles. The number of aromatic nitrogens is 2. The zero-order valence-corrected chi connectivity index (χ0v) is 11.9. The third-order valence-electron chi connectivity index (χ3n) is 3.40. The summed E-state index contributed by atoms with van der Waals surface area (Å²) in [7, 11) is 0. The topological polar surface area (TPSA) is 111 Å². The molecule has 0 saturated carbocycles. The van der Waals surface area contributed by atoms with E-state index >= 15 is 4.39 Å². The first-order chi connectivity index (χ1) is 10.7. The van der Waals surface area contributed by atoms with E-state index in [0.29, 0.717) is 10.8 Å². The van der Waals surface area contributed by atoms with E-state index in [4.69, 9.17) is 10.5 Å². The average Bonchev–Trinajstić information content (AvgIpc) is 2.74. The van der Waals surface area contributed by atoms with Gasteiger partial charge in [-0.1, -0.05) is 11.8 Å². The number of aliphatic hydroxyl groups is 2. The fraction of sp³-hybridized carbons (Fsp3) is 0.538. The van der Waals surface area contributed by atoms with Gasteiger partial charge in [-0.3, -0.25) is 4.57 Å². The van der Waals surface area contributed by atoms with Gasteiger partial charge >= 0.3 is 5.69 Å². The molecule has 2 heterocycles. The van der Waals surface area contributed by atoms with Gasteiger partial charge in [0.15, 0.2) is 17.9 Å². The molecule has 2 rings (SSSR count). The minimum Gasteiger partial charge on any atom is -0.391 e. The molecule has 1 aliphatic rings. The smallest absolute Gasteiger partial charge is 0.351 e. The Labute approximate surface area is 128 Å². The van der Waals surface area contributed by atoms with Gasteiger partial charge in [0.1, 0.15) is 18.9 Å². The number of alkyl halides is 2. The maximum Gasteiger partial charge on any atom is 0.351 e. The summed E-state index contributed by atoms with van der Waals surface area (Å²) in [5.74, 6) is 1.81. The van der Waals surface area contributed by atoms with Gasteiger partial charge in [0.25, 0.3) is 0 Å². The van der Waals surface area contributed by atoms with Crippen LogP contribution >= 0.6 is 0 Å². The molecular weight excluding hydrogens is 319 g/mol. The van der Waals surface area contributed by atoms with Gasteiger partial charge in [-0.15, -0.1) is 0 Å². The first-order valence-electron chi connectivity index (χ1n) is 6.53. The van der Waals surface area contributed by atoms with Gasteiger partial charge in [0, 0.05) is 0 Å². The van der Waals surface area contributed by atoms with E-state index in [9.17, 15) is 23.8 Å². The Hall–Kier alpha value is -2.09. The molecule has 1 aromatic heterocycles. The van der Waals surface area contributed by atoms with Crippen LogP contribution in [0, 0.1) is 17.7 Å². The molecule has 0 aromatic carbocycles. The number of anilines is 1. The van der Waals surface area contributed by atoms with Crippen molar-refractivity contribution in [3.8, 4) is 11.8 Å². The Morgan fingerprint density at radius 1 is 1.65 bits per heavy atom. The first kappa shape index (κ1) is 17.3. The predicted octanol–water partition coefficient (Wildman–Crippen LogP) is -0.715. The second-order valence-corrected chi connectivity index (χ2v) is 5.01. The van der Waals surface area contributed by atoms with Gasteiger partial charge < -0.3 is 20.7 Å². The largest absolute Gasteiger partial charge is 0.391 e. The van der Waals surface area contributed by atoms with Crippen molar-refractivity contribution in [3.63, 3.8) is 0 Å². The minimum absolute atomic E-state index is 0.407. The van der Waals surface area contributed by atoms with E-state index in [1.807, 2.05) is 5.92 Å². The standard InChI is InChI=1S/C13H14F3N3O4/c1-6(20)8-9(21)13(16,3-2-4-14)11(23-8)19-5-7(15)10(17)18-12(19)22/h5-6,8-9,11,20-21H,4H2,1H3,(H2,17,18,22)/t6-,8-,9?,11-,13-/m1/s1. The Bertz CT molecular complexity index is 715. The number of ether oxygens (including phenoxy) is 1. The maximum atomic E-state index is 15.1. The molecule has 1 fully saturated rings. The van der Waals surface area contributed by atoms with Crippen molar-refractivity contribution in [2.75, 3.05) is 12.4 Å². The van der Waals surface area contributed by atoms with Crippen molar-refractivity contribution in [1.82, 2.24) is 9.55 Å². The number of halogens is 3. The summed E-state index contributed by atoms with van der Waals surface area (Å²) in [6.45, 7) is -0.00242. The number of aliphatic hydroxyl groups excluding tert-OH is 2. The number of rotatable bonds is 2. The molecule has 0 bridgehead atoms. The molecule has 1 unspecified atom stereocenters. The number of nitrogens with zero attached hydrogens (tertiary/aromatic N) is 2. The van der Waals surface area contributed by atoms with Crippen LogP contribution in [0.4, 0.5) is 19.0 Å². The van der Waals surface area contributed by atoms with Crippen LogP contribution in [0.3, 0.4) is 0 Å². The van der Waals surface area contributed by atoms with E-state index in [1.165, 1.54) is 6.92 Å². The lowest BCUT2D eigenvalue weighted by molar-refractivity contribution is -0.0805. The molecule has 1 aromatic rings. The molecule has 4 N–H and O–H groups in total. The van der Waals surface area contributed by atoms with Crippen LogP contribution in [0.5, 0.6) is 0 Å². The second kappa shape index (κ2) is 6.19. The molecule has 7 nitrogen and oxygen atoms in total. The highest BCUT2D eigenvalue weighted by atomic mass is 19.1. The van der Waals surface area contributed by atoms with Crippen LogP contribution in [-0.4, -0.2) is 50.4 Å². The van der Waals surface area contributed by atoms with E-state index in [2.05, 4.69) is 4.98 Å².